The van der Waals surface area contributed by atoms with Gasteiger partial charge in [-0.25, -0.2) is 19.7 Å². The van der Waals surface area contributed by atoms with E-state index < -0.39 is 6.29 Å². The summed E-state index contributed by atoms with van der Waals surface area (Å²) in [5, 5.41) is 11.1. The molecule has 2 unspecified atom stereocenters. The van der Waals surface area contributed by atoms with E-state index in [1.165, 1.54) is 5.69 Å². The van der Waals surface area contributed by atoms with E-state index in [1.807, 2.05) is 35.5 Å². The third kappa shape index (κ3) is 4.82. The third-order valence-electron chi connectivity index (χ3n) is 6.85. The Morgan fingerprint density at radius 3 is 2.65 bits per heavy atom. The number of ether oxygens (including phenoxy) is 2. The summed E-state index contributed by atoms with van der Waals surface area (Å²) in [6.07, 6.45) is 2.84. The fraction of sp³-hybridized carbons (Fsp3) is 0.440. The van der Waals surface area contributed by atoms with Crippen molar-refractivity contribution < 1.29 is 13.9 Å². The first-order valence-electron chi connectivity index (χ1n) is 12.5. The lowest BCUT2D eigenvalue weighted by atomic mass is 10.1. The van der Waals surface area contributed by atoms with Crippen LogP contribution in [-0.4, -0.2) is 96.3 Å². The first-order chi connectivity index (χ1) is 18.2. The van der Waals surface area contributed by atoms with Gasteiger partial charge in [-0.3, -0.25) is 10.6 Å². The van der Waals surface area contributed by atoms with E-state index in [2.05, 4.69) is 42.1 Å². The quantitative estimate of drug-likeness (QED) is 0.432. The van der Waals surface area contributed by atoms with Crippen LogP contribution in [-0.2, 0) is 4.74 Å². The Balaban J connectivity index is 1.01. The Labute approximate surface area is 215 Å². The largest absolute Gasteiger partial charge is 0.491 e. The van der Waals surface area contributed by atoms with Crippen LogP contribution in [0, 0.1) is 0 Å². The van der Waals surface area contributed by atoms with Gasteiger partial charge in [0.25, 0.3) is 0 Å². The summed E-state index contributed by atoms with van der Waals surface area (Å²) in [6.45, 7) is 6.69. The molecule has 2 aromatic heterocycles. The first kappa shape index (κ1) is 23.6. The van der Waals surface area contributed by atoms with Crippen LogP contribution in [0.2, 0.25) is 0 Å². The fourth-order valence-electron chi connectivity index (χ4n) is 4.84. The number of amidine groups is 1. The van der Waals surface area contributed by atoms with Gasteiger partial charge in [-0.1, -0.05) is 0 Å². The van der Waals surface area contributed by atoms with Gasteiger partial charge in [-0.05, 0) is 36.4 Å². The Bertz CT molecular complexity index is 1250. The van der Waals surface area contributed by atoms with E-state index in [9.17, 15) is 0 Å². The molecule has 1 fully saturated rings. The monoisotopic (exact) mass is 505 g/mol. The molecular formula is C25H31N9O3. The van der Waals surface area contributed by atoms with Crippen molar-refractivity contribution in [3.63, 3.8) is 0 Å². The molecule has 3 aliphatic heterocycles. The van der Waals surface area contributed by atoms with Crippen LogP contribution in [0.1, 0.15) is 18.0 Å². The molecule has 194 valence electrons. The van der Waals surface area contributed by atoms with Crippen LogP contribution in [0.5, 0.6) is 5.75 Å². The smallest absolute Gasteiger partial charge is 0.217 e. The van der Waals surface area contributed by atoms with E-state index in [0.29, 0.717) is 24.8 Å². The minimum Gasteiger partial charge on any atom is -0.491 e. The molecule has 1 aromatic carbocycles. The second-order valence-electron chi connectivity index (χ2n) is 9.15. The van der Waals surface area contributed by atoms with Gasteiger partial charge in [0.2, 0.25) is 5.82 Å². The molecule has 5 heterocycles. The summed E-state index contributed by atoms with van der Waals surface area (Å²) in [4.78, 5) is 14.2. The maximum atomic E-state index is 6.31. The van der Waals surface area contributed by atoms with Crippen molar-refractivity contribution in [1.29, 1.82) is 0 Å². The van der Waals surface area contributed by atoms with Crippen LogP contribution in [0.3, 0.4) is 0 Å². The van der Waals surface area contributed by atoms with Crippen LogP contribution in [0.15, 0.2) is 57.2 Å². The Hall–Kier alpha value is -3.74. The predicted octanol–water partition coefficient (Wildman–Crippen LogP) is 1.60. The van der Waals surface area contributed by atoms with Gasteiger partial charge >= 0.3 is 0 Å². The molecule has 0 aliphatic carbocycles. The molecule has 0 spiro atoms. The minimum atomic E-state index is -0.637. The molecule has 3 aliphatic rings. The van der Waals surface area contributed by atoms with Crippen molar-refractivity contribution >= 4 is 17.7 Å². The summed E-state index contributed by atoms with van der Waals surface area (Å²) in [7, 11) is 1.67. The summed E-state index contributed by atoms with van der Waals surface area (Å²) in [5.74, 6) is 3.38. The lowest BCUT2D eigenvalue weighted by molar-refractivity contribution is 0.146. The van der Waals surface area contributed by atoms with Crippen LogP contribution in [0.4, 0.5) is 5.69 Å². The topological polar surface area (TPSA) is 123 Å². The second kappa shape index (κ2) is 10.3. The number of aliphatic imine (C=N–C) groups is 1. The molecule has 1 saturated heterocycles. The van der Waals surface area contributed by atoms with E-state index in [4.69, 9.17) is 19.6 Å². The molecule has 3 aromatic rings. The van der Waals surface area contributed by atoms with Crippen molar-refractivity contribution in [3.05, 3.63) is 48.5 Å². The number of nitrogens with zero attached hydrogens (tertiary/aromatic N) is 8. The molecule has 12 heteroatoms. The predicted molar refractivity (Wildman–Crippen MR) is 139 cm³/mol. The number of aromatic nitrogens is 3. The maximum absolute atomic E-state index is 6.31. The van der Waals surface area contributed by atoms with Crippen LogP contribution in [0.25, 0.3) is 11.6 Å². The average Bonchev–Trinajstić information content (AvgIpc) is 3.68. The normalized spacial score (nSPS) is 21.2. The first-order valence-corrected chi connectivity index (χ1v) is 12.5. The lowest BCUT2D eigenvalue weighted by Crippen LogP contribution is -2.48. The van der Waals surface area contributed by atoms with E-state index in [-0.39, 0.29) is 5.92 Å². The van der Waals surface area contributed by atoms with E-state index >= 15 is 0 Å². The summed E-state index contributed by atoms with van der Waals surface area (Å²) in [5.41, 5.74) is 7.53. The van der Waals surface area contributed by atoms with Crippen molar-refractivity contribution in [3.8, 4) is 17.3 Å². The molecular weight excluding hydrogens is 474 g/mol. The lowest BCUT2D eigenvalue weighted by Gasteiger charge is -2.36. The number of rotatable bonds is 9. The number of methoxy groups -OCH3 is 1. The number of furan rings is 1. The molecule has 0 bridgehead atoms. The van der Waals surface area contributed by atoms with Gasteiger partial charge in [0, 0.05) is 51.7 Å². The number of anilines is 1. The molecule has 6 rings (SSSR count). The zero-order valence-corrected chi connectivity index (χ0v) is 20.8. The van der Waals surface area contributed by atoms with Crippen molar-refractivity contribution in [2.75, 3.05) is 64.5 Å². The third-order valence-corrected chi connectivity index (χ3v) is 6.85. The standard InChI is InChI=1S/C25H31N9O3/c1-35-15-16-36-19-6-4-18(5-7-19)32-11-8-31(9-12-32)10-13-33-23-20(17-27-33)24-28-22(21-3-2-14-37-21)30-34(24)25(26)29-23/h2-7,14,17,20,25H,8-13,15-16,26H2,1H3. The summed E-state index contributed by atoms with van der Waals surface area (Å²) < 4.78 is 17.8. The van der Waals surface area contributed by atoms with Crippen molar-refractivity contribution in [2.45, 2.75) is 12.2 Å². The number of piperazine rings is 1. The maximum Gasteiger partial charge on any atom is 0.217 e. The van der Waals surface area contributed by atoms with E-state index in [1.54, 1.807) is 18.1 Å². The number of hydrogen-bond donors (Lipinski definition) is 1. The van der Waals surface area contributed by atoms with Gasteiger partial charge in [-0.2, -0.15) is 5.10 Å². The number of nitrogens with two attached hydrogens (primary N) is 1. The van der Waals surface area contributed by atoms with Gasteiger partial charge in [0.1, 0.15) is 29.9 Å². The molecule has 2 atom stereocenters. The molecule has 37 heavy (non-hydrogen) atoms. The zero-order chi connectivity index (χ0) is 25.2. The Kier molecular flexibility index (Phi) is 6.60. The number of hydrazone groups is 1. The zero-order valence-electron chi connectivity index (χ0n) is 20.8. The highest BCUT2D eigenvalue weighted by molar-refractivity contribution is 6.05. The molecule has 2 N–H and O–H groups in total. The molecule has 0 saturated carbocycles. The summed E-state index contributed by atoms with van der Waals surface area (Å²) >= 11 is 0. The average molecular weight is 506 g/mol. The van der Waals surface area contributed by atoms with Gasteiger partial charge in [-0.15, -0.1) is 5.10 Å². The van der Waals surface area contributed by atoms with E-state index in [0.717, 1.165) is 56.7 Å². The number of fused-ring (bicyclic) bond motifs is 3. The van der Waals surface area contributed by atoms with Crippen LogP contribution < -0.4 is 15.4 Å². The summed E-state index contributed by atoms with van der Waals surface area (Å²) in [6, 6.07) is 11.9. The Morgan fingerprint density at radius 1 is 1.05 bits per heavy atom. The minimum absolute atomic E-state index is 0.158. The van der Waals surface area contributed by atoms with Crippen molar-refractivity contribution in [1.82, 2.24) is 24.7 Å². The van der Waals surface area contributed by atoms with Gasteiger partial charge in [0.15, 0.2) is 12.0 Å². The van der Waals surface area contributed by atoms with Crippen molar-refractivity contribution in [2.24, 2.45) is 15.8 Å². The fourth-order valence-corrected chi connectivity index (χ4v) is 4.84. The van der Waals surface area contributed by atoms with Gasteiger partial charge < -0.3 is 18.8 Å². The highest BCUT2D eigenvalue weighted by Crippen LogP contribution is 2.31. The molecule has 0 radical (unpaired) electrons. The number of benzene rings is 1. The Morgan fingerprint density at radius 2 is 1.89 bits per heavy atom. The second-order valence-corrected chi connectivity index (χ2v) is 9.15. The van der Waals surface area contributed by atoms with Gasteiger partial charge in [0.05, 0.1) is 19.4 Å². The highest BCUT2D eigenvalue weighted by Gasteiger charge is 2.38. The highest BCUT2D eigenvalue weighted by atomic mass is 16.5. The SMILES string of the molecule is COCCOc1ccc(N2CCN(CCN3N=CC4C3=NC(N)n3nc(-c5ccco5)nc34)CC2)cc1. The molecule has 12 nitrogen and oxygen atoms in total. The molecule has 0 amide bonds. The number of hydrogen-bond acceptors (Lipinski definition) is 11. The van der Waals surface area contributed by atoms with Crippen LogP contribution >= 0.6 is 0 Å².